The van der Waals surface area contributed by atoms with Crippen molar-refractivity contribution in [2.24, 2.45) is 0 Å². The van der Waals surface area contributed by atoms with Crippen LogP contribution in [0.25, 0.3) is 0 Å². The number of hydrogen-bond acceptors (Lipinski definition) is 6. The lowest BCUT2D eigenvalue weighted by atomic mass is 12.0. The lowest BCUT2D eigenvalue weighted by Gasteiger charge is -1.76. The van der Waals surface area contributed by atoms with Crippen molar-refractivity contribution in [3.8, 4) is 0 Å². The Kier molecular flexibility index (Phi) is 133. The fourth-order valence-electron chi connectivity index (χ4n) is 0. The van der Waals surface area contributed by atoms with E-state index in [1.165, 1.54) is 0 Å². The zero-order valence-corrected chi connectivity index (χ0v) is 10.3. The molecule has 0 unspecified atom stereocenters. The summed E-state index contributed by atoms with van der Waals surface area (Å²) in [6, 6.07) is 0. The van der Waals surface area contributed by atoms with E-state index in [-0.39, 0.29) is 57.1 Å². The van der Waals surface area contributed by atoms with Gasteiger partial charge < -0.3 is 29.4 Å². The van der Waals surface area contributed by atoms with E-state index in [1.807, 2.05) is 0 Å². The van der Waals surface area contributed by atoms with Crippen LogP contribution >= 0.6 is 66.8 Å². The molecule has 0 amide bonds. The van der Waals surface area contributed by atoms with Crippen molar-refractivity contribution in [1.82, 2.24) is 0 Å². The molecular formula is CH14Cl4O6P2. The van der Waals surface area contributed by atoms with Crippen molar-refractivity contribution >= 4 is 66.8 Å². The van der Waals surface area contributed by atoms with Crippen molar-refractivity contribution in [2.45, 2.75) is 7.43 Å². The molecule has 0 aromatic rings. The number of halogens is 4. The van der Waals surface area contributed by atoms with E-state index in [2.05, 4.69) is 0 Å². The molecule has 6 N–H and O–H groups in total. The third kappa shape index (κ3) is 604. The lowest BCUT2D eigenvalue weighted by molar-refractivity contribution is 0.366. The summed E-state index contributed by atoms with van der Waals surface area (Å²) in [5.41, 5.74) is 0. The fourth-order valence-corrected chi connectivity index (χ4v) is 0. The molecule has 0 atom stereocenters. The Balaban J connectivity index is -0.00000000800. The Labute approximate surface area is 104 Å². The molecule has 0 aromatic heterocycles. The van der Waals surface area contributed by atoms with Crippen molar-refractivity contribution < 1.29 is 29.4 Å². The van der Waals surface area contributed by atoms with Crippen LogP contribution in [0.15, 0.2) is 0 Å². The maximum atomic E-state index is 7.23. The summed E-state index contributed by atoms with van der Waals surface area (Å²) in [7, 11) is -5.24. The summed E-state index contributed by atoms with van der Waals surface area (Å²) in [5, 5.41) is 0. The highest BCUT2D eigenvalue weighted by molar-refractivity contribution is 7.38. The highest BCUT2D eigenvalue weighted by atomic mass is 35.5. The largest absolute Gasteiger partial charge is 0.328 e. The second kappa shape index (κ2) is 37.2. The Bertz CT molecular complexity index is 38.1. The van der Waals surface area contributed by atoms with Crippen LogP contribution in [-0.2, 0) is 0 Å². The highest BCUT2D eigenvalue weighted by Crippen LogP contribution is 2.12. The molecule has 0 aliphatic rings. The molecule has 0 aliphatic carbocycles. The van der Waals surface area contributed by atoms with Gasteiger partial charge in [0.25, 0.3) is 0 Å². The molecule has 0 bridgehead atoms. The summed E-state index contributed by atoms with van der Waals surface area (Å²) >= 11 is 0. The summed E-state index contributed by atoms with van der Waals surface area (Å²) in [4.78, 5) is 43.4. The van der Waals surface area contributed by atoms with Gasteiger partial charge in [0.15, 0.2) is 0 Å². The first-order valence-electron chi connectivity index (χ1n) is 1.20. The van der Waals surface area contributed by atoms with E-state index in [0.29, 0.717) is 0 Å². The zero-order chi connectivity index (χ0) is 7.15. The minimum absolute atomic E-state index is 0. The van der Waals surface area contributed by atoms with E-state index in [9.17, 15) is 0 Å². The molecule has 0 saturated carbocycles. The summed E-state index contributed by atoms with van der Waals surface area (Å²) < 4.78 is 0. The third-order valence-electron chi connectivity index (χ3n) is 0. The predicted molar refractivity (Wildman–Crippen MR) is 62.9 cm³/mol. The van der Waals surface area contributed by atoms with Crippen LogP contribution in [0.1, 0.15) is 7.43 Å². The standard InChI is InChI=1S/CH4.4ClH.2H3O3P/c;;;;;2*1-4(2)3/h1H4;4*1H;2*1-3H. The topological polar surface area (TPSA) is 121 Å². The quantitative estimate of drug-likeness (QED) is 0.365. The van der Waals surface area contributed by atoms with Crippen LogP contribution < -0.4 is 0 Å². The smallest absolute Gasteiger partial charge is 0.324 e. The van der Waals surface area contributed by atoms with Gasteiger partial charge in [-0.25, -0.2) is 0 Å². The first-order valence-corrected chi connectivity index (χ1v) is 3.60. The SMILES string of the molecule is C.Cl.Cl.Cl.Cl.OP(O)O.OP(O)O. The molecule has 12 heteroatoms. The van der Waals surface area contributed by atoms with Crippen LogP contribution in [0, 0.1) is 0 Å². The normalized spacial score (nSPS) is 5.54. The summed E-state index contributed by atoms with van der Waals surface area (Å²) in [5.74, 6) is 0. The van der Waals surface area contributed by atoms with Gasteiger partial charge >= 0.3 is 17.2 Å². The Morgan fingerprint density at radius 2 is 0.462 bits per heavy atom. The Morgan fingerprint density at radius 1 is 0.462 bits per heavy atom. The average Bonchev–Trinajstić information content (AvgIpc) is 1.25. The van der Waals surface area contributed by atoms with Gasteiger partial charge in [-0.1, -0.05) is 7.43 Å². The highest BCUT2D eigenvalue weighted by Gasteiger charge is 1.76. The molecule has 92 valence electrons. The molecule has 0 saturated heterocycles. The lowest BCUT2D eigenvalue weighted by Crippen LogP contribution is -1.54. The number of hydrogen-bond donors (Lipinski definition) is 6. The van der Waals surface area contributed by atoms with Crippen LogP contribution in [0.5, 0.6) is 0 Å². The van der Waals surface area contributed by atoms with Gasteiger partial charge in [-0.15, -0.1) is 49.6 Å². The van der Waals surface area contributed by atoms with Crippen molar-refractivity contribution in [1.29, 1.82) is 0 Å². The van der Waals surface area contributed by atoms with Gasteiger partial charge in [0, 0.05) is 0 Å². The third-order valence-corrected chi connectivity index (χ3v) is 0. The van der Waals surface area contributed by atoms with E-state index in [1.54, 1.807) is 0 Å². The average molecular weight is 326 g/mol. The van der Waals surface area contributed by atoms with Gasteiger partial charge in [0.2, 0.25) is 0 Å². The molecule has 0 fully saturated rings. The van der Waals surface area contributed by atoms with E-state index >= 15 is 0 Å². The van der Waals surface area contributed by atoms with Crippen LogP contribution in [0.4, 0.5) is 0 Å². The van der Waals surface area contributed by atoms with Crippen molar-refractivity contribution in [3.63, 3.8) is 0 Å². The van der Waals surface area contributed by atoms with Crippen molar-refractivity contribution in [3.05, 3.63) is 0 Å². The van der Waals surface area contributed by atoms with Gasteiger partial charge in [-0.3, -0.25) is 0 Å². The van der Waals surface area contributed by atoms with Crippen molar-refractivity contribution in [2.75, 3.05) is 0 Å². The maximum Gasteiger partial charge on any atom is 0.324 e. The molecule has 0 aromatic carbocycles. The molecule has 13 heavy (non-hydrogen) atoms. The van der Waals surface area contributed by atoms with Gasteiger partial charge in [-0.05, 0) is 0 Å². The van der Waals surface area contributed by atoms with E-state index in [0.717, 1.165) is 0 Å². The summed E-state index contributed by atoms with van der Waals surface area (Å²) in [6.45, 7) is 0. The molecule has 0 heterocycles. The van der Waals surface area contributed by atoms with E-state index in [4.69, 9.17) is 29.4 Å². The van der Waals surface area contributed by atoms with Gasteiger partial charge in [-0.2, -0.15) is 0 Å². The minimum Gasteiger partial charge on any atom is -0.328 e. The number of rotatable bonds is 0. The van der Waals surface area contributed by atoms with Crippen LogP contribution in [0.3, 0.4) is 0 Å². The van der Waals surface area contributed by atoms with Gasteiger partial charge in [0.05, 0.1) is 0 Å². The molecule has 0 rings (SSSR count). The van der Waals surface area contributed by atoms with Crippen LogP contribution in [-0.4, -0.2) is 29.4 Å². The predicted octanol–water partition coefficient (Wildman–Crippen LogP) is 0.704. The Hall–Kier alpha value is 1.78. The molecule has 6 nitrogen and oxygen atoms in total. The van der Waals surface area contributed by atoms with E-state index < -0.39 is 17.2 Å². The summed E-state index contributed by atoms with van der Waals surface area (Å²) in [6.07, 6.45) is 0. The van der Waals surface area contributed by atoms with Crippen LogP contribution in [0.2, 0.25) is 0 Å². The Morgan fingerprint density at radius 3 is 0.462 bits per heavy atom. The zero-order valence-electron chi connectivity index (χ0n) is 5.21. The minimum atomic E-state index is -2.62. The second-order valence-electron chi connectivity index (χ2n) is 0.537. The first-order chi connectivity index (χ1) is 3.46. The fraction of sp³-hybridized carbons (Fsp3) is 1.00. The second-order valence-corrected chi connectivity index (χ2v) is 1.61. The monoisotopic (exact) mass is 324 g/mol. The molecular weight excluding hydrogens is 312 g/mol. The molecule has 0 radical (unpaired) electrons. The molecule has 0 aliphatic heterocycles. The van der Waals surface area contributed by atoms with Gasteiger partial charge in [0.1, 0.15) is 0 Å². The molecule has 0 spiro atoms. The first kappa shape index (κ1) is 46.4. The maximum absolute atomic E-state index is 7.23.